The molecule has 2 unspecified atom stereocenters. The maximum absolute atomic E-state index is 11.7. The highest BCUT2D eigenvalue weighted by Gasteiger charge is 2.48. The van der Waals surface area contributed by atoms with Crippen LogP contribution in [0.1, 0.15) is 13.2 Å². The zero-order chi connectivity index (χ0) is 32.7. The van der Waals surface area contributed by atoms with Crippen molar-refractivity contribution >= 4 is 21.6 Å². The van der Waals surface area contributed by atoms with Crippen LogP contribution in [0.25, 0.3) is 10.4 Å². The van der Waals surface area contributed by atoms with Crippen molar-refractivity contribution in [1.29, 1.82) is 0 Å². The Balaban J connectivity index is 0.000000317. The number of aliphatic hydroxyl groups is 5. The van der Waals surface area contributed by atoms with Crippen molar-refractivity contribution in [1.82, 2.24) is 15.0 Å². The van der Waals surface area contributed by atoms with Crippen LogP contribution in [0, 0.1) is 0 Å². The zero-order valence-electron chi connectivity index (χ0n) is 21.6. The van der Waals surface area contributed by atoms with Gasteiger partial charge in [-0.05, 0) is 5.22 Å². The SMILES string of the molecule is CC(=O)OC1O[C@H](CO)[C@H](O)[C@H](O)[C@H]1NN=[N+]=[N-].O=c1ccn([C@@H]2O[C@H](COP(=O)(O)OP(=O)(O)O)[C@@H](O)[C@H]2O)c(=O)[nH]1. The van der Waals surface area contributed by atoms with Crippen LogP contribution in [0.15, 0.2) is 27.1 Å². The van der Waals surface area contributed by atoms with Crippen LogP contribution in [0.4, 0.5) is 0 Å². The summed E-state index contributed by atoms with van der Waals surface area (Å²) in [5.74, 6) is -0.687. The third-order valence-corrected chi connectivity index (χ3v) is 7.64. The number of aromatic amines is 1. The molecule has 2 aliphatic rings. The molecule has 3 heterocycles. The molecule has 2 fully saturated rings. The van der Waals surface area contributed by atoms with E-state index in [1.807, 2.05) is 4.98 Å². The van der Waals surface area contributed by atoms with E-state index in [0.29, 0.717) is 0 Å². The van der Waals surface area contributed by atoms with Crippen LogP contribution >= 0.6 is 15.6 Å². The standard InChI is InChI=1S/C9H14N2O12P2.C8H14N4O6/c12-5-1-2-11(9(15)10-5)8-7(14)6(13)4(22-8)3-21-25(19,20)23-24(16,17)18;1-3(14)17-8-5(10-12-11-9)7(16)6(15)4(2-13)18-8/h1-2,4,6-8,13-14H,3H2,(H,19,20)(H,10,12,15)(H2,16,17,18);4-8,10,13,15-16H,2H2,1H3/t4-,6-,7-,8-;4-,5-,6+,7-,8?/m11/s1. The molecule has 0 bridgehead atoms. The lowest BCUT2D eigenvalue weighted by molar-refractivity contribution is -0.263. The van der Waals surface area contributed by atoms with Gasteiger partial charge in [-0.15, -0.1) is 5.53 Å². The maximum atomic E-state index is 11.7. The van der Waals surface area contributed by atoms with Gasteiger partial charge in [0.15, 0.2) is 12.3 Å². The summed E-state index contributed by atoms with van der Waals surface area (Å²) in [5, 5.41) is 51.1. The quantitative estimate of drug-likeness (QED) is 0.0281. The first-order chi connectivity index (χ1) is 19.9. The molecular weight excluding hydrogens is 638 g/mol. The highest BCUT2D eigenvalue weighted by atomic mass is 31.3. The average Bonchev–Trinajstić information content (AvgIpc) is 3.16. The van der Waals surface area contributed by atoms with Gasteiger partial charge in [-0.2, -0.15) is 9.22 Å². The summed E-state index contributed by atoms with van der Waals surface area (Å²) in [5.41, 5.74) is 8.70. The van der Waals surface area contributed by atoms with Gasteiger partial charge in [0, 0.05) is 19.2 Å². The second-order valence-corrected chi connectivity index (χ2v) is 11.4. The number of carbonyl (C=O) groups excluding carboxylic acids is 1. The van der Waals surface area contributed by atoms with E-state index in [1.54, 1.807) is 0 Å². The highest BCUT2D eigenvalue weighted by molar-refractivity contribution is 7.60. The number of ether oxygens (including phenoxy) is 3. The van der Waals surface area contributed by atoms with Crippen LogP contribution < -0.4 is 16.7 Å². The van der Waals surface area contributed by atoms with Gasteiger partial charge in [0.2, 0.25) is 6.29 Å². The number of nitrogens with one attached hydrogen (secondary N) is 2. The number of esters is 1. The summed E-state index contributed by atoms with van der Waals surface area (Å²) in [4.78, 5) is 64.0. The summed E-state index contributed by atoms with van der Waals surface area (Å²) in [7, 11) is -10.5. The smallest absolute Gasteiger partial charge is 0.431 e. The first-order valence-corrected chi connectivity index (χ1v) is 14.6. The molecule has 0 radical (unpaired) electrons. The number of phosphoric ester groups is 1. The first kappa shape index (κ1) is 36.4. The van der Waals surface area contributed by atoms with Gasteiger partial charge < -0.3 is 54.4 Å². The number of nitrogens with zero attached hydrogens (tertiary/aromatic N) is 4. The molecule has 10 atom stereocenters. The van der Waals surface area contributed by atoms with Gasteiger partial charge in [0.1, 0.15) is 36.6 Å². The normalized spacial score (nSPS) is 32.0. The van der Waals surface area contributed by atoms with E-state index in [4.69, 9.17) is 39.5 Å². The van der Waals surface area contributed by atoms with E-state index in [0.717, 1.165) is 23.8 Å². The number of phosphoric acid groups is 2. The Labute approximate surface area is 238 Å². The second-order valence-electron chi connectivity index (χ2n) is 8.56. The number of hydrogen-bond donors (Lipinski definition) is 10. The summed E-state index contributed by atoms with van der Waals surface area (Å²) in [6.07, 6.45) is -10.5. The average molecular weight is 666 g/mol. The van der Waals surface area contributed by atoms with Crippen molar-refractivity contribution in [3.05, 3.63) is 43.5 Å². The molecule has 24 nitrogen and oxygen atoms in total. The topological polar surface area (TPSA) is 375 Å². The number of azide groups is 1. The lowest BCUT2D eigenvalue weighted by Gasteiger charge is -2.39. The molecule has 1 aromatic heterocycles. The zero-order valence-corrected chi connectivity index (χ0v) is 23.4. The molecule has 0 saturated carbocycles. The predicted molar refractivity (Wildman–Crippen MR) is 132 cm³/mol. The Kier molecular flexibility index (Phi) is 13.0. The fourth-order valence-electron chi connectivity index (χ4n) is 3.63. The van der Waals surface area contributed by atoms with Crippen LogP contribution in [0.2, 0.25) is 0 Å². The summed E-state index contributed by atoms with van der Waals surface area (Å²) in [6, 6.07) is -0.175. The van der Waals surface area contributed by atoms with Crippen LogP contribution in [0.3, 0.4) is 0 Å². The Morgan fingerprint density at radius 1 is 1.12 bits per heavy atom. The van der Waals surface area contributed by atoms with Crippen LogP contribution in [0.5, 0.6) is 0 Å². The molecule has 2 aliphatic heterocycles. The molecule has 3 rings (SSSR count). The Bertz CT molecular complexity index is 1360. The lowest BCUT2D eigenvalue weighted by Crippen LogP contribution is -2.63. The summed E-state index contributed by atoms with van der Waals surface area (Å²) < 4.78 is 45.5. The van der Waals surface area contributed by atoms with Crippen molar-refractivity contribution in [2.75, 3.05) is 13.2 Å². The minimum absolute atomic E-state index is 0.565. The fraction of sp³-hybridized carbons (Fsp3) is 0.706. The largest absolute Gasteiger partial charge is 0.481 e. The number of aliphatic hydroxyl groups excluding tert-OH is 5. The van der Waals surface area contributed by atoms with E-state index in [-0.39, 0.29) is 0 Å². The predicted octanol–water partition coefficient (Wildman–Crippen LogP) is -4.45. The fourth-order valence-corrected chi connectivity index (χ4v) is 5.23. The third-order valence-electron chi connectivity index (χ3n) is 5.49. The van der Waals surface area contributed by atoms with Crippen molar-refractivity contribution in [3.63, 3.8) is 0 Å². The Hall–Kier alpha value is -2.76. The summed E-state index contributed by atoms with van der Waals surface area (Å²) >= 11 is 0. The summed E-state index contributed by atoms with van der Waals surface area (Å²) in [6.45, 7) is -0.343. The highest BCUT2D eigenvalue weighted by Crippen LogP contribution is 2.57. The van der Waals surface area contributed by atoms with Gasteiger partial charge in [-0.3, -0.25) is 23.7 Å². The van der Waals surface area contributed by atoms with E-state index in [1.165, 1.54) is 0 Å². The Morgan fingerprint density at radius 3 is 2.28 bits per heavy atom. The molecule has 0 spiro atoms. The molecule has 0 aliphatic carbocycles. The number of hydrogen-bond acceptors (Lipinski definition) is 16. The molecule has 10 N–H and O–H groups in total. The number of carbonyl (C=O) groups is 1. The maximum Gasteiger partial charge on any atom is 0.481 e. The number of aromatic nitrogens is 2. The molecule has 26 heteroatoms. The lowest BCUT2D eigenvalue weighted by atomic mass is 9.97. The van der Waals surface area contributed by atoms with Gasteiger partial charge in [0.25, 0.3) is 5.56 Å². The number of H-pyrrole nitrogens is 1. The minimum Gasteiger partial charge on any atom is -0.431 e. The van der Waals surface area contributed by atoms with Crippen LogP contribution in [-0.4, -0.2) is 118 Å². The molecule has 0 amide bonds. The third kappa shape index (κ3) is 10.4. The van der Waals surface area contributed by atoms with Gasteiger partial charge >= 0.3 is 27.3 Å². The van der Waals surface area contributed by atoms with E-state index < -0.39 is 101 Å². The molecule has 1 aromatic rings. The van der Waals surface area contributed by atoms with Crippen molar-refractivity contribution < 1.29 is 77.2 Å². The van der Waals surface area contributed by atoms with Crippen molar-refractivity contribution in [2.45, 2.75) is 62.1 Å². The molecule has 43 heavy (non-hydrogen) atoms. The molecule has 0 aromatic carbocycles. The van der Waals surface area contributed by atoms with Gasteiger partial charge in [-0.25, -0.2) is 19.4 Å². The molecule has 244 valence electrons. The van der Waals surface area contributed by atoms with E-state index >= 15 is 0 Å². The first-order valence-electron chi connectivity index (χ1n) is 11.6. The van der Waals surface area contributed by atoms with Crippen molar-refractivity contribution in [2.24, 2.45) is 5.22 Å². The van der Waals surface area contributed by atoms with E-state index in [9.17, 15) is 43.9 Å². The second kappa shape index (κ2) is 15.3. The van der Waals surface area contributed by atoms with Crippen molar-refractivity contribution in [3.8, 4) is 0 Å². The van der Waals surface area contributed by atoms with E-state index in [2.05, 4.69) is 24.4 Å². The monoisotopic (exact) mass is 666 g/mol. The molecular formula is C17H28N6O18P2. The minimum atomic E-state index is -5.32. The Morgan fingerprint density at radius 2 is 1.74 bits per heavy atom. The van der Waals surface area contributed by atoms with Gasteiger partial charge in [-0.1, -0.05) is 0 Å². The number of rotatable bonds is 10. The molecule has 2 saturated heterocycles. The van der Waals surface area contributed by atoms with Crippen LogP contribution in [-0.2, 0) is 37.0 Å². The van der Waals surface area contributed by atoms with Gasteiger partial charge in [0.05, 0.1) is 13.2 Å².